The first-order valence-electron chi connectivity index (χ1n) is 7.06. The molecular formula is C15H22BrClN2O2. The maximum absolute atomic E-state index is 12.0. The number of halogens is 2. The van der Waals surface area contributed by atoms with E-state index in [0.29, 0.717) is 6.54 Å². The van der Waals surface area contributed by atoms with Gasteiger partial charge in [0.05, 0.1) is 11.0 Å². The highest BCUT2D eigenvalue weighted by Crippen LogP contribution is 2.24. The molecule has 1 fully saturated rings. The molecule has 0 aliphatic carbocycles. The zero-order chi connectivity index (χ0) is 14.4. The van der Waals surface area contributed by atoms with Crippen LogP contribution in [0.15, 0.2) is 28.7 Å². The molecule has 1 aromatic rings. The van der Waals surface area contributed by atoms with E-state index < -0.39 is 0 Å². The van der Waals surface area contributed by atoms with Crippen LogP contribution in [-0.2, 0) is 4.79 Å². The molecule has 2 rings (SSSR count). The Morgan fingerprint density at radius 3 is 2.76 bits per heavy atom. The smallest absolute Gasteiger partial charge is 0.223 e. The van der Waals surface area contributed by atoms with E-state index in [1.165, 1.54) is 0 Å². The Morgan fingerprint density at radius 2 is 2.10 bits per heavy atom. The summed E-state index contributed by atoms with van der Waals surface area (Å²) >= 11 is 3.45. The van der Waals surface area contributed by atoms with Gasteiger partial charge in [0.25, 0.3) is 0 Å². The highest BCUT2D eigenvalue weighted by atomic mass is 79.9. The molecule has 1 amide bonds. The minimum Gasteiger partial charge on any atom is -0.488 e. The summed E-state index contributed by atoms with van der Waals surface area (Å²) in [7, 11) is 0. The summed E-state index contributed by atoms with van der Waals surface area (Å²) in [5.74, 6) is 1.09. The first-order chi connectivity index (χ1) is 9.66. The van der Waals surface area contributed by atoms with Gasteiger partial charge in [0.2, 0.25) is 5.91 Å². The third-order valence-corrected chi connectivity index (χ3v) is 4.09. The molecule has 4 nitrogen and oxygen atoms in total. The van der Waals surface area contributed by atoms with Gasteiger partial charge in [-0.15, -0.1) is 12.4 Å². The van der Waals surface area contributed by atoms with Gasteiger partial charge in [0.15, 0.2) is 0 Å². The van der Waals surface area contributed by atoms with Crippen LogP contribution in [0.3, 0.4) is 0 Å². The van der Waals surface area contributed by atoms with Crippen LogP contribution in [0.4, 0.5) is 0 Å². The number of ether oxygens (including phenoxy) is 1. The van der Waals surface area contributed by atoms with Crippen molar-refractivity contribution < 1.29 is 9.53 Å². The summed E-state index contributed by atoms with van der Waals surface area (Å²) in [5, 5.41) is 6.25. The Hall–Kier alpha value is -0.780. The van der Waals surface area contributed by atoms with Crippen molar-refractivity contribution in [1.29, 1.82) is 0 Å². The summed E-state index contributed by atoms with van der Waals surface area (Å²) < 4.78 is 6.74. The summed E-state index contributed by atoms with van der Waals surface area (Å²) in [4.78, 5) is 12.0. The van der Waals surface area contributed by atoms with Crippen LogP contribution in [0.25, 0.3) is 0 Å². The quantitative estimate of drug-likeness (QED) is 0.829. The van der Waals surface area contributed by atoms with E-state index in [2.05, 4.69) is 26.6 Å². The molecule has 0 aromatic heterocycles. The molecule has 1 saturated heterocycles. The van der Waals surface area contributed by atoms with Crippen molar-refractivity contribution in [1.82, 2.24) is 10.6 Å². The Balaban J connectivity index is 0.00000220. The molecule has 1 heterocycles. The number of piperidine rings is 1. The molecular weight excluding hydrogens is 356 g/mol. The fourth-order valence-corrected chi connectivity index (χ4v) is 2.65. The van der Waals surface area contributed by atoms with Crippen LogP contribution in [0.1, 0.15) is 19.8 Å². The maximum Gasteiger partial charge on any atom is 0.223 e. The number of carbonyl (C=O) groups is 1. The lowest BCUT2D eigenvalue weighted by Crippen LogP contribution is -2.41. The Bertz CT molecular complexity index is 453. The lowest BCUT2D eigenvalue weighted by molar-refractivity contribution is -0.126. The normalized spacial score (nSPS) is 16.7. The van der Waals surface area contributed by atoms with E-state index in [1.54, 1.807) is 0 Å². The second kappa shape index (κ2) is 9.28. The van der Waals surface area contributed by atoms with Crippen LogP contribution < -0.4 is 15.4 Å². The number of carbonyl (C=O) groups excluding carboxylic acids is 1. The molecule has 1 unspecified atom stereocenters. The van der Waals surface area contributed by atoms with Crippen LogP contribution in [0, 0.1) is 5.92 Å². The molecule has 1 aromatic carbocycles. The Morgan fingerprint density at radius 1 is 1.43 bits per heavy atom. The van der Waals surface area contributed by atoms with Crippen LogP contribution in [-0.4, -0.2) is 31.6 Å². The van der Waals surface area contributed by atoms with Gasteiger partial charge in [-0.3, -0.25) is 4.79 Å². The summed E-state index contributed by atoms with van der Waals surface area (Å²) in [5.41, 5.74) is 0. The van der Waals surface area contributed by atoms with E-state index in [4.69, 9.17) is 4.74 Å². The first-order valence-corrected chi connectivity index (χ1v) is 7.85. The standard InChI is InChI=1S/C15H21BrN2O2.ClH/c1-11(20-14-5-3-2-4-13(14)16)10-18-15(19)12-6-8-17-9-7-12;/h2-5,11-12,17H,6-10H2,1H3,(H,18,19);1H. The molecule has 1 aliphatic rings. The fraction of sp³-hybridized carbons (Fsp3) is 0.533. The van der Waals surface area contributed by atoms with Crippen molar-refractivity contribution in [2.75, 3.05) is 19.6 Å². The first kappa shape index (κ1) is 18.3. The van der Waals surface area contributed by atoms with Crippen LogP contribution in [0.2, 0.25) is 0 Å². The molecule has 21 heavy (non-hydrogen) atoms. The van der Waals surface area contributed by atoms with Crippen LogP contribution in [0.5, 0.6) is 5.75 Å². The number of hydrogen-bond acceptors (Lipinski definition) is 3. The Kier molecular flexibility index (Phi) is 8.07. The van der Waals surface area contributed by atoms with Gasteiger partial charge in [0.1, 0.15) is 11.9 Å². The van der Waals surface area contributed by atoms with Gasteiger partial charge in [-0.25, -0.2) is 0 Å². The molecule has 0 bridgehead atoms. The summed E-state index contributed by atoms with van der Waals surface area (Å²) in [6.07, 6.45) is 1.79. The zero-order valence-electron chi connectivity index (χ0n) is 12.1. The topological polar surface area (TPSA) is 50.4 Å². The molecule has 2 N–H and O–H groups in total. The number of hydrogen-bond donors (Lipinski definition) is 2. The number of amides is 1. The van der Waals surface area contributed by atoms with Crippen LogP contribution >= 0.6 is 28.3 Å². The van der Waals surface area contributed by atoms with Gasteiger partial charge in [-0.2, -0.15) is 0 Å². The highest BCUT2D eigenvalue weighted by Gasteiger charge is 2.21. The molecule has 0 spiro atoms. The van der Waals surface area contributed by atoms with Crippen molar-refractivity contribution >= 4 is 34.2 Å². The van der Waals surface area contributed by atoms with Gasteiger partial charge >= 0.3 is 0 Å². The van der Waals surface area contributed by atoms with Gasteiger partial charge < -0.3 is 15.4 Å². The van der Waals surface area contributed by atoms with Gasteiger partial charge in [-0.05, 0) is 60.9 Å². The minimum atomic E-state index is -0.0561. The second-order valence-corrected chi connectivity index (χ2v) is 5.98. The molecule has 1 aliphatic heterocycles. The SMILES string of the molecule is CC(CNC(=O)C1CCNCC1)Oc1ccccc1Br.Cl. The summed E-state index contributed by atoms with van der Waals surface area (Å²) in [6.45, 7) is 4.36. The van der Waals surface area contributed by atoms with E-state index in [0.717, 1.165) is 36.2 Å². The molecule has 1 atom stereocenters. The predicted molar refractivity (Wildman–Crippen MR) is 90.1 cm³/mol. The number of benzene rings is 1. The van der Waals surface area contributed by atoms with E-state index in [1.807, 2.05) is 31.2 Å². The summed E-state index contributed by atoms with van der Waals surface area (Å²) in [6, 6.07) is 7.73. The average Bonchev–Trinajstić information content (AvgIpc) is 2.48. The molecule has 6 heteroatoms. The van der Waals surface area contributed by atoms with E-state index in [-0.39, 0.29) is 30.3 Å². The maximum atomic E-state index is 12.0. The number of para-hydroxylation sites is 1. The second-order valence-electron chi connectivity index (χ2n) is 5.13. The van der Waals surface area contributed by atoms with Crippen molar-refractivity contribution in [3.8, 4) is 5.75 Å². The lowest BCUT2D eigenvalue weighted by atomic mass is 9.97. The third kappa shape index (κ3) is 5.85. The monoisotopic (exact) mass is 376 g/mol. The largest absolute Gasteiger partial charge is 0.488 e. The van der Waals surface area contributed by atoms with E-state index in [9.17, 15) is 4.79 Å². The fourth-order valence-electron chi connectivity index (χ4n) is 2.27. The lowest BCUT2D eigenvalue weighted by Gasteiger charge is -2.23. The average molecular weight is 378 g/mol. The highest BCUT2D eigenvalue weighted by molar-refractivity contribution is 9.10. The van der Waals surface area contributed by atoms with E-state index >= 15 is 0 Å². The van der Waals surface area contributed by atoms with Crippen molar-refractivity contribution in [2.45, 2.75) is 25.9 Å². The molecule has 0 radical (unpaired) electrons. The molecule has 118 valence electrons. The van der Waals surface area contributed by atoms with Crippen molar-refractivity contribution in [3.63, 3.8) is 0 Å². The number of rotatable bonds is 5. The molecule has 0 saturated carbocycles. The zero-order valence-corrected chi connectivity index (χ0v) is 14.5. The van der Waals surface area contributed by atoms with Gasteiger partial charge in [0, 0.05) is 5.92 Å². The third-order valence-electron chi connectivity index (χ3n) is 3.44. The predicted octanol–water partition coefficient (Wildman–Crippen LogP) is 2.75. The number of nitrogens with one attached hydrogen (secondary N) is 2. The van der Waals surface area contributed by atoms with Crippen molar-refractivity contribution in [2.24, 2.45) is 5.92 Å². The van der Waals surface area contributed by atoms with Gasteiger partial charge in [-0.1, -0.05) is 12.1 Å². The Labute approximate surface area is 140 Å². The van der Waals surface area contributed by atoms with Crippen molar-refractivity contribution in [3.05, 3.63) is 28.7 Å². The minimum absolute atomic E-state index is 0.